The highest BCUT2D eigenvalue weighted by atomic mass is 32.1. The second-order valence-electron chi connectivity index (χ2n) is 6.87. The molecule has 28 heavy (non-hydrogen) atoms. The molecule has 2 amide bonds. The fourth-order valence-corrected chi connectivity index (χ4v) is 4.00. The Bertz CT molecular complexity index is 885. The molecular weight excluding hydrogens is 384 g/mol. The molecule has 0 fully saturated rings. The number of nitrogens with one attached hydrogen (secondary N) is 2. The lowest BCUT2D eigenvalue weighted by molar-refractivity contribution is -0.136. The molecule has 9 heteroatoms. The van der Waals surface area contributed by atoms with Crippen LogP contribution in [0.25, 0.3) is 0 Å². The van der Waals surface area contributed by atoms with Crippen molar-refractivity contribution in [1.29, 1.82) is 0 Å². The first-order valence-electron chi connectivity index (χ1n) is 8.88. The average molecular weight is 406 g/mol. The maximum atomic E-state index is 12.5. The number of thiophene rings is 1. The molecule has 2 aromatic heterocycles. The van der Waals surface area contributed by atoms with Crippen LogP contribution >= 0.6 is 11.3 Å². The molecule has 3 heterocycles. The number of carbonyl (C=O) groups excluding carboxylic acids is 3. The molecule has 150 valence electrons. The molecule has 2 N–H and O–H groups in total. The van der Waals surface area contributed by atoms with Crippen LogP contribution in [-0.4, -0.2) is 30.0 Å². The van der Waals surface area contributed by atoms with E-state index in [0.29, 0.717) is 29.4 Å². The summed E-state index contributed by atoms with van der Waals surface area (Å²) in [5.41, 5.74) is 0.660. The molecule has 0 atom stereocenters. The summed E-state index contributed by atoms with van der Waals surface area (Å²) >= 11 is 1.22. The van der Waals surface area contributed by atoms with Gasteiger partial charge in [-0.1, -0.05) is 0 Å². The summed E-state index contributed by atoms with van der Waals surface area (Å²) in [5, 5.41) is 5.31. The monoisotopic (exact) mass is 406 g/mol. The Balaban J connectivity index is 1.78. The quantitative estimate of drug-likeness (QED) is 0.584. The lowest BCUT2D eigenvalue weighted by Crippen LogP contribution is -2.35. The first-order valence-corrected chi connectivity index (χ1v) is 9.69. The first-order chi connectivity index (χ1) is 13.3. The van der Waals surface area contributed by atoms with E-state index < -0.39 is 23.4 Å². The van der Waals surface area contributed by atoms with Crippen molar-refractivity contribution in [3.05, 3.63) is 40.2 Å². The number of hydrogen-bond acceptors (Lipinski definition) is 7. The van der Waals surface area contributed by atoms with E-state index >= 15 is 0 Å². The smallest absolute Gasteiger partial charge is 0.341 e. The Morgan fingerprint density at radius 1 is 1.29 bits per heavy atom. The summed E-state index contributed by atoms with van der Waals surface area (Å²) in [6.45, 7) is 6.21. The molecule has 8 nitrogen and oxygen atoms in total. The van der Waals surface area contributed by atoms with Gasteiger partial charge in [0.1, 0.15) is 10.8 Å². The van der Waals surface area contributed by atoms with E-state index in [1.807, 2.05) is 13.8 Å². The molecule has 3 rings (SSSR count). The van der Waals surface area contributed by atoms with E-state index in [0.717, 1.165) is 10.4 Å². The predicted octanol–water partition coefficient (Wildman–Crippen LogP) is 2.62. The lowest BCUT2D eigenvalue weighted by Gasteiger charge is -2.30. The Labute approximate surface area is 166 Å². The van der Waals surface area contributed by atoms with Crippen LogP contribution in [0.5, 0.6) is 0 Å². The van der Waals surface area contributed by atoms with Crippen LogP contribution in [0.2, 0.25) is 0 Å². The van der Waals surface area contributed by atoms with E-state index in [4.69, 9.17) is 13.9 Å². The summed E-state index contributed by atoms with van der Waals surface area (Å²) in [6.07, 6.45) is 1.99. The standard InChI is InChI=1S/C19H22N2O6S/c1-4-25-18(24)14-12-8-19(2,3)27-10-13(12)28-17(14)21-16(23)15(22)20-9-11-6-5-7-26-11/h5-7H,4,8-10H2,1-3H3,(H,20,22)(H,21,23). The van der Waals surface area contributed by atoms with Gasteiger partial charge >= 0.3 is 17.8 Å². The zero-order valence-corrected chi connectivity index (χ0v) is 16.7. The van der Waals surface area contributed by atoms with Gasteiger partial charge in [0.15, 0.2) is 0 Å². The maximum Gasteiger partial charge on any atom is 0.341 e. The Kier molecular flexibility index (Phi) is 5.85. The van der Waals surface area contributed by atoms with Crippen molar-refractivity contribution in [2.75, 3.05) is 11.9 Å². The van der Waals surface area contributed by atoms with E-state index in [9.17, 15) is 14.4 Å². The second-order valence-corrected chi connectivity index (χ2v) is 7.97. The molecule has 0 bridgehead atoms. The van der Waals surface area contributed by atoms with Crippen LogP contribution in [0, 0.1) is 0 Å². The fraction of sp³-hybridized carbons (Fsp3) is 0.421. The number of rotatable bonds is 5. The second kappa shape index (κ2) is 8.15. The lowest BCUT2D eigenvalue weighted by atomic mass is 9.93. The SMILES string of the molecule is CCOC(=O)c1c(NC(=O)C(=O)NCc2ccco2)sc2c1CC(C)(C)OC2. The molecule has 0 spiro atoms. The number of carbonyl (C=O) groups is 3. The zero-order valence-electron chi connectivity index (χ0n) is 15.9. The van der Waals surface area contributed by atoms with Gasteiger partial charge in [-0.05, 0) is 38.5 Å². The summed E-state index contributed by atoms with van der Waals surface area (Å²) < 4.78 is 16.1. The number of hydrogen-bond donors (Lipinski definition) is 2. The highest BCUT2D eigenvalue weighted by Gasteiger charge is 2.34. The minimum atomic E-state index is -0.865. The molecule has 0 aromatic carbocycles. The fourth-order valence-electron chi connectivity index (χ4n) is 2.88. The molecule has 2 aromatic rings. The Hall–Kier alpha value is -2.65. The number of amides is 2. The van der Waals surface area contributed by atoms with Crippen LogP contribution in [0.15, 0.2) is 22.8 Å². The van der Waals surface area contributed by atoms with E-state index in [1.165, 1.54) is 17.6 Å². The molecule has 0 saturated heterocycles. The molecular formula is C19H22N2O6S. The van der Waals surface area contributed by atoms with Crippen LogP contribution < -0.4 is 10.6 Å². The highest BCUT2D eigenvalue weighted by molar-refractivity contribution is 7.17. The maximum absolute atomic E-state index is 12.5. The van der Waals surface area contributed by atoms with Gasteiger partial charge < -0.3 is 24.5 Å². The molecule has 0 unspecified atom stereocenters. The molecule has 0 radical (unpaired) electrons. The molecule has 0 saturated carbocycles. The number of furan rings is 1. The van der Waals surface area contributed by atoms with Crippen molar-refractivity contribution in [3.8, 4) is 0 Å². The van der Waals surface area contributed by atoms with E-state index in [1.54, 1.807) is 19.1 Å². The topological polar surface area (TPSA) is 107 Å². The third kappa shape index (κ3) is 4.42. The van der Waals surface area contributed by atoms with Gasteiger partial charge in [-0.25, -0.2) is 4.79 Å². The van der Waals surface area contributed by atoms with E-state index in [-0.39, 0.29) is 13.2 Å². The van der Waals surface area contributed by atoms with E-state index in [2.05, 4.69) is 10.6 Å². The van der Waals surface area contributed by atoms with Crippen LogP contribution in [-0.2, 0) is 38.6 Å². The first kappa shape index (κ1) is 20.1. The zero-order chi connectivity index (χ0) is 20.3. The molecule has 1 aliphatic heterocycles. The molecule has 1 aliphatic rings. The van der Waals surface area contributed by atoms with Gasteiger partial charge in [0.2, 0.25) is 0 Å². The minimum absolute atomic E-state index is 0.0902. The summed E-state index contributed by atoms with van der Waals surface area (Å²) in [5.74, 6) is -1.69. The molecule has 0 aliphatic carbocycles. The number of fused-ring (bicyclic) bond motifs is 1. The van der Waals surface area contributed by atoms with Gasteiger partial charge in [0.05, 0.1) is 37.2 Å². The van der Waals surface area contributed by atoms with Crippen LogP contribution in [0.1, 0.15) is 47.3 Å². The minimum Gasteiger partial charge on any atom is -0.467 e. The summed E-state index contributed by atoms with van der Waals surface area (Å²) in [4.78, 5) is 37.8. The summed E-state index contributed by atoms with van der Waals surface area (Å²) in [6, 6.07) is 3.37. The van der Waals surface area contributed by atoms with Crippen molar-refractivity contribution in [2.45, 2.75) is 45.9 Å². The van der Waals surface area contributed by atoms with Crippen LogP contribution in [0.3, 0.4) is 0 Å². The highest BCUT2D eigenvalue weighted by Crippen LogP contribution is 2.40. The summed E-state index contributed by atoms with van der Waals surface area (Å²) in [7, 11) is 0. The van der Waals surface area contributed by atoms with Crippen molar-refractivity contribution < 1.29 is 28.3 Å². The van der Waals surface area contributed by atoms with Crippen molar-refractivity contribution in [1.82, 2.24) is 5.32 Å². The Morgan fingerprint density at radius 2 is 2.07 bits per heavy atom. The average Bonchev–Trinajstić information content (AvgIpc) is 3.26. The number of ether oxygens (including phenoxy) is 2. The third-order valence-electron chi connectivity index (χ3n) is 4.20. The normalized spacial score (nSPS) is 14.8. The van der Waals surface area contributed by atoms with Crippen molar-refractivity contribution in [2.24, 2.45) is 0 Å². The van der Waals surface area contributed by atoms with Gasteiger partial charge in [0.25, 0.3) is 0 Å². The number of esters is 1. The third-order valence-corrected chi connectivity index (χ3v) is 5.32. The Morgan fingerprint density at radius 3 is 2.75 bits per heavy atom. The van der Waals surface area contributed by atoms with Gasteiger partial charge in [-0.15, -0.1) is 11.3 Å². The van der Waals surface area contributed by atoms with Gasteiger partial charge in [-0.3, -0.25) is 9.59 Å². The predicted molar refractivity (Wildman–Crippen MR) is 102 cm³/mol. The van der Waals surface area contributed by atoms with Gasteiger partial charge in [0, 0.05) is 11.3 Å². The van der Waals surface area contributed by atoms with Gasteiger partial charge in [-0.2, -0.15) is 0 Å². The van der Waals surface area contributed by atoms with Crippen molar-refractivity contribution >= 4 is 34.1 Å². The van der Waals surface area contributed by atoms with Crippen LogP contribution in [0.4, 0.5) is 5.00 Å². The van der Waals surface area contributed by atoms with Crippen molar-refractivity contribution in [3.63, 3.8) is 0 Å². The largest absolute Gasteiger partial charge is 0.467 e. The number of anilines is 1.